The second-order valence-electron chi connectivity index (χ2n) is 8.23. The molecule has 0 fully saturated rings. The fraction of sp³-hybridized carbons (Fsp3) is 0.200. The third-order valence-electron chi connectivity index (χ3n) is 5.72. The molecule has 5 rings (SSSR count). The molecule has 4 aromatic heterocycles. The summed E-state index contributed by atoms with van der Waals surface area (Å²) in [6.45, 7) is 3.54. The third-order valence-corrected chi connectivity index (χ3v) is 5.72. The molecule has 0 spiro atoms. The van der Waals surface area contributed by atoms with E-state index in [4.69, 9.17) is 4.98 Å². The third kappa shape index (κ3) is 3.93. The second kappa shape index (κ2) is 8.53. The van der Waals surface area contributed by atoms with E-state index in [0.29, 0.717) is 39.2 Å². The van der Waals surface area contributed by atoms with Gasteiger partial charge in [-0.1, -0.05) is 17.9 Å². The van der Waals surface area contributed by atoms with Crippen molar-refractivity contribution in [1.82, 2.24) is 39.2 Å². The molecule has 0 aliphatic rings. The number of carbonyl (C=O) groups is 1. The number of rotatable bonds is 3. The van der Waals surface area contributed by atoms with Crippen LogP contribution in [0.5, 0.6) is 0 Å². The Morgan fingerprint density at radius 2 is 2.00 bits per heavy atom. The van der Waals surface area contributed by atoms with Gasteiger partial charge in [0.05, 0.1) is 34.4 Å². The highest BCUT2D eigenvalue weighted by Gasteiger charge is 2.22. The van der Waals surface area contributed by atoms with E-state index in [1.807, 2.05) is 13.1 Å². The quantitative estimate of drug-likeness (QED) is 0.407. The summed E-state index contributed by atoms with van der Waals surface area (Å²) < 4.78 is 4.68. The average molecular weight is 467 g/mol. The molecule has 1 atom stereocenters. The molecule has 1 aromatic carbocycles. The van der Waals surface area contributed by atoms with Gasteiger partial charge in [0.25, 0.3) is 11.5 Å². The zero-order chi connectivity index (χ0) is 24.7. The van der Waals surface area contributed by atoms with Gasteiger partial charge in [0.1, 0.15) is 11.4 Å². The molecule has 0 saturated carbocycles. The number of nitrogens with one attached hydrogen (secondary N) is 1. The van der Waals surface area contributed by atoms with Crippen molar-refractivity contribution in [2.45, 2.75) is 19.9 Å². The summed E-state index contributed by atoms with van der Waals surface area (Å²) in [5.74, 6) is 6.19. The van der Waals surface area contributed by atoms with Crippen molar-refractivity contribution in [2.24, 2.45) is 14.1 Å². The molecular formula is C25H22N8O2. The lowest BCUT2D eigenvalue weighted by atomic mass is 10.1. The number of benzene rings is 1. The molecule has 35 heavy (non-hydrogen) atoms. The summed E-state index contributed by atoms with van der Waals surface area (Å²) in [4.78, 5) is 35.4. The van der Waals surface area contributed by atoms with Crippen LogP contribution in [0.25, 0.3) is 16.6 Å². The molecule has 10 nitrogen and oxygen atoms in total. The van der Waals surface area contributed by atoms with Crippen LogP contribution in [0.1, 0.15) is 46.0 Å². The van der Waals surface area contributed by atoms with Crippen LogP contribution in [0.4, 0.5) is 0 Å². The minimum Gasteiger partial charge on any atom is -0.342 e. The monoisotopic (exact) mass is 466 g/mol. The number of aryl methyl sites for hydroxylation is 2. The predicted octanol–water partition coefficient (Wildman–Crippen LogP) is 1.91. The van der Waals surface area contributed by atoms with Crippen LogP contribution in [-0.2, 0) is 14.1 Å². The first-order valence-corrected chi connectivity index (χ1v) is 10.9. The number of fused-ring (bicyclic) bond motifs is 2. The van der Waals surface area contributed by atoms with E-state index < -0.39 is 6.04 Å². The molecule has 0 saturated heterocycles. The zero-order valence-electron chi connectivity index (χ0n) is 19.6. The minimum absolute atomic E-state index is 0.240. The Bertz CT molecular complexity index is 1730. The highest BCUT2D eigenvalue weighted by Crippen LogP contribution is 2.18. The first-order chi connectivity index (χ1) is 16.8. The smallest absolute Gasteiger partial charge is 0.262 e. The van der Waals surface area contributed by atoms with Crippen molar-refractivity contribution in [1.29, 1.82) is 0 Å². The van der Waals surface area contributed by atoms with Crippen molar-refractivity contribution < 1.29 is 4.79 Å². The Morgan fingerprint density at radius 3 is 2.77 bits per heavy atom. The minimum atomic E-state index is -0.548. The van der Waals surface area contributed by atoms with E-state index in [9.17, 15) is 9.59 Å². The molecule has 0 aliphatic heterocycles. The molecule has 0 unspecified atom stereocenters. The van der Waals surface area contributed by atoms with Crippen LogP contribution < -0.4 is 10.9 Å². The van der Waals surface area contributed by atoms with Gasteiger partial charge in [0.15, 0.2) is 5.65 Å². The number of nitrogens with zero attached hydrogens (tertiary/aromatic N) is 7. The van der Waals surface area contributed by atoms with Crippen LogP contribution >= 0.6 is 0 Å². The number of aromatic nitrogens is 7. The van der Waals surface area contributed by atoms with Crippen LogP contribution in [0.15, 0.2) is 53.8 Å². The number of carbonyl (C=O) groups excluding carboxylic acids is 1. The van der Waals surface area contributed by atoms with Crippen molar-refractivity contribution in [3.8, 4) is 11.8 Å². The summed E-state index contributed by atoms with van der Waals surface area (Å²) in [5.41, 5.74) is 3.01. The van der Waals surface area contributed by atoms with E-state index in [1.54, 1.807) is 73.1 Å². The molecule has 0 radical (unpaired) electrons. The van der Waals surface area contributed by atoms with Crippen molar-refractivity contribution in [3.05, 3.63) is 87.6 Å². The molecule has 0 bridgehead atoms. The summed E-state index contributed by atoms with van der Waals surface area (Å²) in [6.07, 6.45) is 6.81. The number of hydrogen-bond donors (Lipinski definition) is 1. The average Bonchev–Trinajstić information content (AvgIpc) is 3.41. The zero-order valence-corrected chi connectivity index (χ0v) is 19.6. The van der Waals surface area contributed by atoms with Gasteiger partial charge in [-0.15, -0.1) is 0 Å². The largest absolute Gasteiger partial charge is 0.342 e. The summed E-state index contributed by atoms with van der Waals surface area (Å²) in [5, 5.41) is 11.8. The topological polar surface area (TPSA) is 112 Å². The fourth-order valence-electron chi connectivity index (χ4n) is 4.04. The lowest BCUT2D eigenvalue weighted by Crippen LogP contribution is -2.33. The van der Waals surface area contributed by atoms with Gasteiger partial charge in [0.2, 0.25) is 0 Å². The van der Waals surface area contributed by atoms with E-state index in [1.165, 1.54) is 4.57 Å². The van der Waals surface area contributed by atoms with E-state index in [2.05, 4.69) is 32.3 Å². The lowest BCUT2D eigenvalue weighted by molar-refractivity contribution is 0.0938. The lowest BCUT2D eigenvalue weighted by Gasteiger charge is -2.17. The number of amides is 1. The fourth-order valence-corrected chi connectivity index (χ4v) is 4.04. The second-order valence-corrected chi connectivity index (χ2v) is 8.23. The maximum Gasteiger partial charge on any atom is 0.262 e. The van der Waals surface area contributed by atoms with Gasteiger partial charge >= 0.3 is 0 Å². The normalized spacial score (nSPS) is 11.9. The van der Waals surface area contributed by atoms with Crippen molar-refractivity contribution >= 4 is 22.5 Å². The predicted molar refractivity (Wildman–Crippen MR) is 130 cm³/mol. The van der Waals surface area contributed by atoms with E-state index in [-0.39, 0.29) is 11.5 Å². The van der Waals surface area contributed by atoms with Gasteiger partial charge in [0, 0.05) is 38.2 Å². The Balaban J connectivity index is 1.51. The van der Waals surface area contributed by atoms with Gasteiger partial charge in [-0.05, 0) is 32.0 Å². The van der Waals surface area contributed by atoms with Gasteiger partial charge in [-0.3, -0.25) is 18.8 Å². The first-order valence-electron chi connectivity index (χ1n) is 10.9. The molecule has 5 aromatic rings. The van der Waals surface area contributed by atoms with Crippen LogP contribution in [0.3, 0.4) is 0 Å². The van der Waals surface area contributed by atoms with Gasteiger partial charge < -0.3 is 5.32 Å². The van der Waals surface area contributed by atoms with E-state index >= 15 is 0 Å². The van der Waals surface area contributed by atoms with E-state index in [0.717, 1.165) is 5.56 Å². The van der Waals surface area contributed by atoms with Gasteiger partial charge in [-0.25, -0.2) is 14.5 Å². The van der Waals surface area contributed by atoms with Crippen molar-refractivity contribution in [3.63, 3.8) is 0 Å². The summed E-state index contributed by atoms with van der Waals surface area (Å²) in [7, 11) is 3.46. The Hall–Kier alpha value is -4.78. The Labute approximate surface area is 200 Å². The molecule has 1 amide bonds. The van der Waals surface area contributed by atoms with Crippen LogP contribution in [0, 0.1) is 18.8 Å². The first kappa shape index (κ1) is 22.0. The maximum absolute atomic E-state index is 13.3. The summed E-state index contributed by atoms with van der Waals surface area (Å²) >= 11 is 0. The molecule has 4 heterocycles. The maximum atomic E-state index is 13.3. The van der Waals surface area contributed by atoms with Gasteiger partial charge in [-0.2, -0.15) is 10.2 Å². The standard InChI is InChI=1S/C25H22N8O2/c1-15-20(23-26-11-6-12-33(23)30-15)24(34)28-16(2)22-29-19-8-5-7-18(21(19)25(35)32(22)4)10-9-17-13-27-31(3)14-17/h5-8,11-14,16H,1-4H3,(H,28,34)/t16-/m1/s1. The SMILES string of the molecule is Cc1nn2cccnc2c1C(=O)N[C@H](C)c1nc2cccc(C#Cc3cnn(C)c3)c2c(=O)n1C. The summed E-state index contributed by atoms with van der Waals surface area (Å²) in [6, 6.07) is 6.56. The molecule has 174 valence electrons. The highest BCUT2D eigenvalue weighted by molar-refractivity contribution is 6.01. The Morgan fingerprint density at radius 1 is 1.17 bits per heavy atom. The molecule has 0 aliphatic carbocycles. The highest BCUT2D eigenvalue weighted by atomic mass is 16.2. The Kier molecular flexibility index (Phi) is 5.37. The molecule has 1 N–H and O–H groups in total. The molecule has 10 heteroatoms. The number of hydrogen-bond acceptors (Lipinski definition) is 6. The van der Waals surface area contributed by atoms with Crippen LogP contribution in [0.2, 0.25) is 0 Å². The van der Waals surface area contributed by atoms with Crippen molar-refractivity contribution in [2.75, 3.05) is 0 Å². The van der Waals surface area contributed by atoms with Crippen LogP contribution in [-0.4, -0.2) is 39.8 Å². The molecular weight excluding hydrogens is 444 g/mol.